The molecule has 0 aromatic heterocycles. The zero-order chi connectivity index (χ0) is 23.3. The molecular weight excluding hydrogens is 402 g/mol. The Bertz CT molecular complexity index is 1120. The number of amides is 3. The highest BCUT2D eigenvalue weighted by Gasteiger charge is 2.13. The standard InChI is InChI=1S/C25H29N5O2/c1-4-24(31)28-19-10-11-22(27)20(14-19)21-13-17(26)7-12-23(21)30-25(32)29-18-8-5-16(6-9-18)15(2)3/h5-15H,4,26-27H2,1-3H3,(H,28,31)(H2,29,30,32). The highest BCUT2D eigenvalue weighted by atomic mass is 16.2. The van der Waals surface area contributed by atoms with Crippen LogP contribution in [0.5, 0.6) is 0 Å². The van der Waals surface area contributed by atoms with Crippen molar-refractivity contribution in [2.24, 2.45) is 0 Å². The fraction of sp³-hybridized carbons (Fsp3) is 0.200. The first-order valence-corrected chi connectivity index (χ1v) is 10.5. The van der Waals surface area contributed by atoms with Crippen molar-refractivity contribution in [2.45, 2.75) is 33.1 Å². The molecule has 0 unspecified atom stereocenters. The minimum atomic E-state index is -0.387. The quantitative estimate of drug-likeness (QED) is 0.324. The second-order valence-electron chi connectivity index (χ2n) is 7.86. The van der Waals surface area contributed by atoms with Gasteiger partial charge >= 0.3 is 6.03 Å². The van der Waals surface area contributed by atoms with Gasteiger partial charge < -0.3 is 27.4 Å². The van der Waals surface area contributed by atoms with E-state index < -0.39 is 0 Å². The molecule has 0 saturated carbocycles. The Kier molecular flexibility index (Phi) is 7.00. The molecule has 0 fully saturated rings. The SMILES string of the molecule is CCC(=O)Nc1ccc(N)c(-c2cc(N)ccc2NC(=O)Nc2ccc(C(C)C)cc2)c1. The predicted octanol–water partition coefficient (Wildman–Crippen LogP) is 5.63. The molecule has 0 spiro atoms. The van der Waals surface area contributed by atoms with Crippen molar-refractivity contribution in [3.63, 3.8) is 0 Å². The molecule has 3 rings (SSSR count). The summed E-state index contributed by atoms with van der Waals surface area (Å²) in [6.45, 7) is 6.01. The van der Waals surface area contributed by atoms with Gasteiger partial charge in [0.25, 0.3) is 0 Å². The first kappa shape index (κ1) is 22.7. The fourth-order valence-corrected chi connectivity index (χ4v) is 3.25. The maximum Gasteiger partial charge on any atom is 0.323 e. The van der Waals surface area contributed by atoms with Crippen LogP contribution in [0.4, 0.5) is 33.2 Å². The molecule has 0 bridgehead atoms. The van der Waals surface area contributed by atoms with Gasteiger partial charge in [-0.15, -0.1) is 0 Å². The highest BCUT2D eigenvalue weighted by molar-refractivity contribution is 6.04. The van der Waals surface area contributed by atoms with Gasteiger partial charge in [-0.2, -0.15) is 0 Å². The first-order chi connectivity index (χ1) is 15.3. The van der Waals surface area contributed by atoms with Gasteiger partial charge in [-0.3, -0.25) is 4.79 Å². The topological polar surface area (TPSA) is 122 Å². The zero-order valence-electron chi connectivity index (χ0n) is 18.5. The average molecular weight is 432 g/mol. The largest absolute Gasteiger partial charge is 0.399 e. The molecule has 0 radical (unpaired) electrons. The van der Waals surface area contributed by atoms with E-state index in [1.54, 1.807) is 43.3 Å². The number of nitrogens with two attached hydrogens (primary N) is 2. The summed E-state index contributed by atoms with van der Waals surface area (Å²) >= 11 is 0. The Morgan fingerprint density at radius 2 is 1.50 bits per heavy atom. The van der Waals surface area contributed by atoms with E-state index in [0.717, 1.165) is 0 Å². The molecule has 3 aromatic carbocycles. The van der Waals surface area contributed by atoms with Gasteiger partial charge in [-0.1, -0.05) is 32.9 Å². The summed E-state index contributed by atoms with van der Waals surface area (Å²) < 4.78 is 0. The maximum absolute atomic E-state index is 12.7. The van der Waals surface area contributed by atoms with Crippen molar-refractivity contribution in [3.8, 4) is 11.1 Å². The van der Waals surface area contributed by atoms with Crippen LogP contribution in [-0.4, -0.2) is 11.9 Å². The molecule has 0 heterocycles. The molecule has 0 saturated heterocycles. The number of carbonyl (C=O) groups excluding carboxylic acids is 2. The molecule has 32 heavy (non-hydrogen) atoms. The molecule has 166 valence electrons. The lowest BCUT2D eigenvalue weighted by Gasteiger charge is -2.16. The van der Waals surface area contributed by atoms with E-state index in [9.17, 15) is 9.59 Å². The van der Waals surface area contributed by atoms with Crippen LogP contribution in [0.1, 0.15) is 38.7 Å². The van der Waals surface area contributed by atoms with Gasteiger partial charge in [0.1, 0.15) is 0 Å². The van der Waals surface area contributed by atoms with Crippen LogP contribution in [0, 0.1) is 0 Å². The lowest BCUT2D eigenvalue weighted by atomic mass is 10.00. The van der Waals surface area contributed by atoms with Gasteiger partial charge in [-0.05, 0) is 60.0 Å². The monoisotopic (exact) mass is 431 g/mol. The Labute approximate surface area is 188 Å². The molecule has 7 nitrogen and oxygen atoms in total. The highest BCUT2D eigenvalue weighted by Crippen LogP contribution is 2.36. The molecule has 0 aliphatic heterocycles. The molecule has 7 heteroatoms. The van der Waals surface area contributed by atoms with E-state index in [0.29, 0.717) is 51.9 Å². The number of nitrogen functional groups attached to an aromatic ring is 2. The number of hydrogen-bond acceptors (Lipinski definition) is 4. The van der Waals surface area contributed by atoms with Crippen molar-refractivity contribution in [2.75, 3.05) is 27.4 Å². The Morgan fingerprint density at radius 1 is 0.812 bits per heavy atom. The summed E-state index contributed by atoms with van der Waals surface area (Å²) in [7, 11) is 0. The summed E-state index contributed by atoms with van der Waals surface area (Å²) in [5.41, 5.74) is 17.6. The normalized spacial score (nSPS) is 10.6. The predicted molar refractivity (Wildman–Crippen MR) is 133 cm³/mol. The van der Waals surface area contributed by atoms with Gasteiger partial charge in [0.2, 0.25) is 5.91 Å². The maximum atomic E-state index is 12.7. The van der Waals surface area contributed by atoms with E-state index in [1.165, 1.54) is 5.56 Å². The Morgan fingerprint density at radius 3 is 2.16 bits per heavy atom. The smallest absolute Gasteiger partial charge is 0.323 e. The van der Waals surface area contributed by atoms with Gasteiger partial charge in [0.05, 0.1) is 5.69 Å². The van der Waals surface area contributed by atoms with Crippen LogP contribution in [0.25, 0.3) is 11.1 Å². The Balaban J connectivity index is 1.86. The number of rotatable bonds is 6. The van der Waals surface area contributed by atoms with Crippen molar-refractivity contribution >= 4 is 40.4 Å². The number of anilines is 5. The number of urea groups is 1. The molecule has 0 aliphatic rings. The zero-order valence-corrected chi connectivity index (χ0v) is 18.5. The van der Waals surface area contributed by atoms with E-state index >= 15 is 0 Å². The summed E-state index contributed by atoms with van der Waals surface area (Å²) in [5, 5.41) is 8.54. The van der Waals surface area contributed by atoms with Crippen molar-refractivity contribution < 1.29 is 9.59 Å². The molecule has 7 N–H and O–H groups in total. The minimum Gasteiger partial charge on any atom is -0.399 e. The third-order valence-corrected chi connectivity index (χ3v) is 5.08. The summed E-state index contributed by atoms with van der Waals surface area (Å²) in [4.78, 5) is 24.4. The third-order valence-electron chi connectivity index (χ3n) is 5.08. The molecule has 0 aliphatic carbocycles. The molecule has 0 atom stereocenters. The van der Waals surface area contributed by atoms with Crippen LogP contribution >= 0.6 is 0 Å². The first-order valence-electron chi connectivity index (χ1n) is 10.5. The van der Waals surface area contributed by atoms with Crippen molar-refractivity contribution in [3.05, 3.63) is 66.2 Å². The minimum absolute atomic E-state index is 0.102. The van der Waals surface area contributed by atoms with Crippen LogP contribution < -0.4 is 27.4 Å². The van der Waals surface area contributed by atoms with Gasteiger partial charge in [0, 0.05) is 40.3 Å². The average Bonchev–Trinajstić information content (AvgIpc) is 2.76. The molecule has 3 aromatic rings. The van der Waals surface area contributed by atoms with E-state index in [4.69, 9.17) is 11.5 Å². The van der Waals surface area contributed by atoms with Crippen LogP contribution in [-0.2, 0) is 4.79 Å². The lowest BCUT2D eigenvalue weighted by Crippen LogP contribution is -2.20. The van der Waals surface area contributed by atoms with Crippen molar-refractivity contribution in [1.29, 1.82) is 0 Å². The molecule has 3 amide bonds. The Hall–Kier alpha value is -4.00. The lowest BCUT2D eigenvalue weighted by molar-refractivity contribution is -0.115. The summed E-state index contributed by atoms with van der Waals surface area (Å²) in [5.74, 6) is 0.313. The number of nitrogens with one attached hydrogen (secondary N) is 3. The van der Waals surface area contributed by atoms with E-state index in [-0.39, 0.29) is 11.9 Å². The molecular formula is C25H29N5O2. The fourth-order valence-electron chi connectivity index (χ4n) is 3.25. The van der Waals surface area contributed by atoms with Gasteiger partial charge in [0.15, 0.2) is 0 Å². The van der Waals surface area contributed by atoms with Crippen LogP contribution in [0.3, 0.4) is 0 Å². The van der Waals surface area contributed by atoms with Gasteiger partial charge in [-0.25, -0.2) is 4.79 Å². The number of carbonyl (C=O) groups is 2. The number of benzene rings is 3. The summed E-state index contributed by atoms with van der Waals surface area (Å²) in [6.07, 6.45) is 0.364. The van der Waals surface area contributed by atoms with Crippen LogP contribution in [0.15, 0.2) is 60.7 Å². The third kappa shape index (κ3) is 5.57. The van der Waals surface area contributed by atoms with Crippen molar-refractivity contribution in [1.82, 2.24) is 0 Å². The second-order valence-corrected chi connectivity index (χ2v) is 7.86. The van der Waals surface area contributed by atoms with E-state index in [2.05, 4.69) is 29.8 Å². The number of hydrogen-bond donors (Lipinski definition) is 5. The van der Waals surface area contributed by atoms with E-state index in [1.807, 2.05) is 24.3 Å². The second kappa shape index (κ2) is 9.87. The summed E-state index contributed by atoms with van der Waals surface area (Å²) in [6, 6.07) is 17.7. The van der Waals surface area contributed by atoms with Crippen LogP contribution in [0.2, 0.25) is 0 Å².